The number of aryl methyl sites for hydroxylation is 1. The summed E-state index contributed by atoms with van der Waals surface area (Å²) in [5.41, 5.74) is 1.00. The van der Waals surface area contributed by atoms with Crippen molar-refractivity contribution in [1.29, 1.82) is 0 Å². The molecule has 4 heterocycles. The maximum Gasteiger partial charge on any atom is 0.231 e. The van der Waals surface area contributed by atoms with Crippen LogP contribution in [0.15, 0.2) is 23.1 Å². The quantitative estimate of drug-likeness (QED) is 0.667. The zero-order chi connectivity index (χ0) is 21.9. The van der Waals surface area contributed by atoms with Gasteiger partial charge in [0.1, 0.15) is 16.3 Å². The van der Waals surface area contributed by atoms with Crippen LogP contribution in [0.4, 0.5) is 11.8 Å². The van der Waals surface area contributed by atoms with Gasteiger partial charge in [-0.2, -0.15) is 4.98 Å². The van der Waals surface area contributed by atoms with Gasteiger partial charge in [0.25, 0.3) is 0 Å². The fourth-order valence-electron chi connectivity index (χ4n) is 4.91. The number of rotatable bonds is 6. The smallest absolute Gasteiger partial charge is 0.231 e. The second-order valence-corrected chi connectivity index (χ2v) is 10.5. The molecule has 0 radical (unpaired) electrons. The van der Waals surface area contributed by atoms with Gasteiger partial charge in [0.15, 0.2) is 11.5 Å². The Morgan fingerprint density at radius 2 is 2.06 bits per heavy atom. The molecule has 6 rings (SSSR count). The topological polar surface area (TPSA) is 106 Å². The van der Waals surface area contributed by atoms with Crippen molar-refractivity contribution in [3.05, 3.63) is 29.5 Å². The minimum absolute atomic E-state index is 0.0361. The molecule has 4 aliphatic rings. The van der Waals surface area contributed by atoms with Crippen LogP contribution in [0.3, 0.4) is 0 Å². The molecule has 2 aromatic rings. The maximum absolute atomic E-state index is 12.6. The van der Waals surface area contributed by atoms with E-state index < -0.39 is 16.4 Å². The first-order valence-corrected chi connectivity index (χ1v) is 12.3. The first-order valence-electron chi connectivity index (χ1n) is 10.9. The van der Waals surface area contributed by atoms with Gasteiger partial charge in [-0.1, -0.05) is 6.07 Å². The molecule has 32 heavy (non-hydrogen) atoms. The van der Waals surface area contributed by atoms with E-state index in [1.54, 1.807) is 7.11 Å². The largest absolute Gasteiger partial charge is 0.454 e. The molecule has 0 amide bonds. The van der Waals surface area contributed by atoms with Crippen molar-refractivity contribution in [3.8, 4) is 11.5 Å². The lowest BCUT2D eigenvalue weighted by Crippen LogP contribution is -2.61. The van der Waals surface area contributed by atoms with E-state index in [2.05, 4.69) is 10.2 Å². The van der Waals surface area contributed by atoms with Crippen LogP contribution in [-0.4, -0.2) is 64.2 Å². The summed E-state index contributed by atoms with van der Waals surface area (Å²) in [5.74, 6) is 3.25. The Morgan fingerprint density at radius 1 is 1.25 bits per heavy atom. The number of aliphatic hydroxyl groups excluding tert-OH is 1. The van der Waals surface area contributed by atoms with Crippen LogP contribution in [0.5, 0.6) is 11.5 Å². The lowest BCUT2D eigenvalue weighted by atomic mass is 9.77. The molecule has 1 aromatic carbocycles. The average Bonchev–Trinajstić information content (AvgIpc) is 3.37. The Bertz CT molecular complexity index is 1090. The molecule has 1 saturated carbocycles. The normalized spacial score (nSPS) is 23.9. The van der Waals surface area contributed by atoms with Gasteiger partial charge in [0.05, 0.1) is 41.7 Å². The zero-order valence-electron chi connectivity index (χ0n) is 17.9. The Labute approximate surface area is 188 Å². The number of hydrogen-bond acceptors (Lipinski definition) is 9. The van der Waals surface area contributed by atoms with Gasteiger partial charge in [0.2, 0.25) is 12.7 Å². The first-order chi connectivity index (χ1) is 15.5. The monoisotopic (exact) mass is 458 g/mol. The number of aliphatic hydroxyl groups is 1. The molecule has 2 N–H and O–H groups in total. The van der Waals surface area contributed by atoms with E-state index in [1.807, 2.05) is 18.2 Å². The van der Waals surface area contributed by atoms with Crippen molar-refractivity contribution >= 4 is 22.6 Å². The number of hydrogen-bond donors (Lipinski definition) is 2. The fraction of sp³-hybridized carbons (Fsp3) is 0.545. The highest BCUT2D eigenvalue weighted by Gasteiger charge is 2.47. The summed E-state index contributed by atoms with van der Waals surface area (Å²) in [5, 5.41) is 13.3. The second-order valence-electron chi connectivity index (χ2n) is 8.99. The molecular formula is C22H26N4O5S. The van der Waals surface area contributed by atoms with Crippen LogP contribution < -0.4 is 19.7 Å². The number of nitrogens with one attached hydrogen (secondary N) is 1. The summed E-state index contributed by atoms with van der Waals surface area (Å²) in [7, 11) is 0.597. The van der Waals surface area contributed by atoms with Gasteiger partial charge in [0, 0.05) is 19.3 Å². The first kappa shape index (κ1) is 20.2. The van der Waals surface area contributed by atoms with Crippen LogP contribution in [0.25, 0.3) is 0 Å². The van der Waals surface area contributed by atoms with E-state index in [0.717, 1.165) is 42.0 Å². The Morgan fingerprint density at radius 3 is 2.78 bits per heavy atom. The van der Waals surface area contributed by atoms with Crippen LogP contribution in [0.1, 0.15) is 30.5 Å². The summed E-state index contributed by atoms with van der Waals surface area (Å²) in [4.78, 5) is 12.3. The molecule has 1 atom stereocenters. The molecule has 1 aromatic heterocycles. The van der Waals surface area contributed by atoms with Gasteiger partial charge in [-0.05, 0) is 37.0 Å². The highest BCUT2D eigenvalue weighted by Crippen LogP contribution is 2.43. The van der Waals surface area contributed by atoms with E-state index in [1.165, 1.54) is 0 Å². The fourth-order valence-corrected chi connectivity index (χ4v) is 6.21. The van der Waals surface area contributed by atoms with Gasteiger partial charge in [-0.25, -0.2) is 4.98 Å². The molecule has 0 spiro atoms. The van der Waals surface area contributed by atoms with Crippen molar-refractivity contribution in [2.45, 2.75) is 41.7 Å². The molecule has 9 nitrogen and oxygen atoms in total. The molecule has 10 heteroatoms. The molecule has 2 fully saturated rings. The molecule has 1 aliphatic carbocycles. The van der Waals surface area contributed by atoms with E-state index in [4.69, 9.17) is 24.2 Å². The van der Waals surface area contributed by atoms with Crippen LogP contribution in [0, 0.1) is 0 Å². The number of nitrogens with zero attached hydrogens (tertiary/aromatic N) is 3. The zero-order valence-corrected chi connectivity index (χ0v) is 18.7. The Kier molecular flexibility index (Phi) is 4.60. The third-order valence-corrected chi connectivity index (χ3v) is 8.60. The Balaban J connectivity index is 1.29. The average molecular weight is 459 g/mol. The molecule has 1 saturated heterocycles. The third-order valence-electron chi connectivity index (χ3n) is 7.14. The van der Waals surface area contributed by atoms with E-state index in [-0.39, 0.29) is 18.9 Å². The second kappa shape index (κ2) is 7.29. The summed E-state index contributed by atoms with van der Waals surface area (Å²) in [6.07, 6.45) is 3.49. The Hall–Kier alpha value is -2.43. The van der Waals surface area contributed by atoms with Crippen LogP contribution in [-0.2, 0) is 27.6 Å². The highest BCUT2D eigenvalue weighted by molar-refractivity contribution is 7.85. The predicted molar refractivity (Wildman–Crippen MR) is 118 cm³/mol. The molecule has 1 unspecified atom stereocenters. The molecule has 3 aliphatic heterocycles. The van der Waals surface area contributed by atoms with Crippen molar-refractivity contribution in [1.82, 2.24) is 9.97 Å². The highest BCUT2D eigenvalue weighted by atomic mass is 32.2. The van der Waals surface area contributed by atoms with E-state index >= 15 is 0 Å². The predicted octanol–water partition coefficient (Wildman–Crippen LogP) is 1.56. The molecule has 170 valence electrons. The summed E-state index contributed by atoms with van der Waals surface area (Å²) >= 11 is 0. The minimum Gasteiger partial charge on any atom is -0.454 e. The van der Waals surface area contributed by atoms with E-state index in [9.17, 15) is 9.32 Å². The standard InChI is InChI=1S/C22H26N4O5S/c1-29-22(14-3-4-16-17(9-14)31-13-30-16)10-26(11-22)20-23-15-5-8-32(28)18(15)19(24-20)25-21(12-27)6-2-7-21/h3-4,9,27H,2,5-8,10-13H2,1H3,(H,23,24,25). The lowest BCUT2D eigenvalue weighted by Gasteiger charge is -2.49. The number of ether oxygens (including phenoxy) is 3. The van der Waals surface area contributed by atoms with Gasteiger partial charge >= 0.3 is 0 Å². The summed E-state index contributed by atoms with van der Waals surface area (Å²) in [6, 6.07) is 5.90. The van der Waals surface area contributed by atoms with Gasteiger partial charge in [-0.15, -0.1) is 0 Å². The van der Waals surface area contributed by atoms with Crippen molar-refractivity contribution in [3.63, 3.8) is 0 Å². The summed E-state index contributed by atoms with van der Waals surface area (Å²) in [6.45, 7) is 1.46. The lowest BCUT2D eigenvalue weighted by molar-refractivity contribution is -0.0391. The maximum atomic E-state index is 12.6. The summed E-state index contributed by atoms with van der Waals surface area (Å²) < 4.78 is 29.5. The van der Waals surface area contributed by atoms with Gasteiger partial charge < -0.3 is 29.5 Å². The van der Waals surface area contributed by atoms with Crippen LogP contribution in [0.2, 0.25) is 0 Å². The molecule has 0 bridgehead atoms. The van der Waals surface area contributed by atoms with Crippen molar-refractivity contribution < 1.29 is 23.5 Å². The third kappa shape index (κ3) is 3.00. The van der Waals surface area contributed by atoms with Crippen molar-refractivity contribution in [2.24, 2.45) is 0 Å². The van der Waals surface area contributed by atoms with Gasteiger partial charge in [-0.3, -0.25) is 4.21 Å². The number of fused-ring (bicyclic) bond motifs is 2. The van der Waals surface area contributed by atoms with E-state index in [0.29, 0.717) is 41.9 Å². The number of anilines is 2. The van der Waals surface area contributed by atoms with Crippen molar-refractivity contribution in [2.75, 3.05) is 49.6 Å². The number of benzene rings is 1. The van der Waals surface area contributed by atoms with Crippen LogP contribution >= 0.6 is 0 Å². The SMILES string of the molecule is COC1(c2ccc3c(c2)OCO3)CN(c2nc3c(c(NC4(CO)CCC4)n2)S(=O)CC3)C1. The molecular weight excluding hydrogens is 432 g/mol. The number of aromatic nitrogens is 2. The minimum atomic E-state index is -1.11. The number of methoxy groups -OCH3 is 1.